The zero-order chi connectivity index (χ0) is 41.3. The first-order valence-corrected chi connectivity index (χ1v) is 26.1. The van der Waals surface area contributed by atoms with E-state index in [-0.39, 0.29) is 48.9 Å². The van der Waals surface area contributed by atoms with Gasteiger partial charge in [-0.15, -0.1) is 0 Å². The van der Waals surface area contributed by atoms with Crippen molar-refractivity contribution in [3.05, 3.63) is 131 Å². The van der Waals surface area contributed by atoms with Crippen molar-refractivity contribution >= 4 is 48.1 Å². The summed E-state index contributed by atoms with van der Waals surface area (Å²) in [6, 6.07) is 33.8. The van der Waals surface area contributed by atoms with Crippen molar-refractivity contribution in [2.45, 2.75) is 133 Å². The molecule has 0 amide bonds. The Balaban J connectivity index is 0.000000464. The molecule has 0 aliphatic rings. The van der Waals surface area contributed by atoms with Crippen LogP contribution >= 0.6 is 0 Å². The molecule has 57 heavy (non-hydrogen) atoms. The van der Waals surface area contributed by atoms with Gasteiger partial charge in [0.05, 0.1) is 5.76 Å². The van der Waals surface area contributed by atoms with E-state index in [1.807, 2.05) is 33.9 Å². The quantitative estimate of drug-likeness (QED) is 0.0553. The number of carbonyl (C=O) groups excluding carboxylic acids is 1. The molecular formula is C52H67BiIrNO2-. The van der Waals surface area contributed by atoms with Crippen LogP contribution in [0.1, 0.15) is 141 Å². The van der Waals surface area contributed by atoms with Gasteiger partial charge in [-0.3, -0.25) is 4.79 Å². The number of allylic oxidation sites excluding steroid dienone is 2. The summed E-state index contributed by atoms with van der Waals surface area (Å²) in [6.07, 6.45) is 6.95. The molecule has 0 aliphatic carbocycles. The fourth-order valence-corrected chi connectivity index (χ4v) is 18.8. The first-order chi connectivity index (χ1) is 26.5. The number of carbonyl (C=O) groups is 1. The van der Waals surface area contributed by atoms with Gasteiger partial charge >= 0.3 is 257 Å². The summed E-state index contributed by atoms with van der Waals surface area (Å²) in [5, 5.41) is 12.2. The second-order valence-electron chi connectivity index (χ2n) is 17.1. The summed E-state index contributed by atoms with van der Waals surface area (Å²) in [7, 11) is 0. The number of aromatic nitrogens is 1. The summed E-state index contributed by atoms with van der Waals surface area (Å²) in [5.41, 5.74) is 9.15. The van der Waals surface area contributed by atoms with Crippen LogP contribution in [0.5, 0.6) is 0 Å². The van der Waals surface area contributed by atoms with E-state index in [4.69, 9.17) is 4.98 Å². The number of aliphatic hydroxyl groups excluding tert-OH is 1. The first-order valence-electron chi connectivity index (χ1n) is 20.9. The fourth-order valence-electron chi connectivity index (χ4n) is 7.56. The molecule has 0 fully saturated rings. The van der Waals surface area contributed by atoms with Crippen molar-refractivity contribution in [3.63, 3.8) is 0 Å². The molecule has 1 aromatic heterocycles. The molecule has 5 rings (SSSR count). The van der Waals surface area contributed by atoms with Crippen LogP contribution in [-0.4, -0.2) is 37.6 Å². The zero-order valence-corrected chi connectivity index (χ0v) is 42.8. The van der Waals surface area contributed by atoms with E-state index < -0.39 is 21.8 Å². The standard InChI is InChI=1S/C19H17N.C13H24O2.2C10H13.Bi.Ir/c1-19(2,3)17-13-15(18-10-6-7-11-20-18)12-14-8-4-5-9-16(14)17;1-5-10(6-2)12(14)9-13(15)11(7-3)8-4;2*1-8(2)10-6-4-5-9(3)7-10;;/h4-5,7-11,13H,1-3H3;9-11,14H,5-8H2,1-4H3;2*4-5,7-8H,1-3H3;;/q-1;;;;;/b;12-9-;;;;. The Morgan fingerprint density at radius 2 is 1.28 bits per heavy atom. The predicted octanol–water partition coefficient (Wildman–Crippen LogP) is 12.2. The number of aryl methyl sites for hydroxylation is 2. The van der Waals surface area contributed by atoms with Crippen LogP contribution in [0.15, 0.2) is 96.9 Å². The topological polar surface area (TPSA) is 50.2 Å². The van der Waals surface area contributed by atoms with Gasteiger partial charge in [0.15, 0.2) is 5.78 Å². The van der Waals surface area contributed by atoms with Gasteiger partial charge in [0.1, 0.15) is 0 Å². The van der Waals surface area contributed by atoms with Crippen LogP contribution < -0.4 is 9.81 Å². The Hall–Kier alpha value is -2.97. The molecule has 0 aliphatic heterocycles. The van der Waals surface area contributed by atoms with Gasteiger partial charge in [-0.1, -0.05) is 27.7 Å². The van der Waals surface area contributed by atoms with E-state index >= 15 is 0 Å². The van der Waals surface area contributed by atoms with Crippen molar-refractivity contribution in [1.29, 1.82) is 0 Å². The van der Waals surface area contributed by atoms with E-state index in [1.165, 1.54) is 42.6 Å². The van der Waals surface area contributed by atoms with Crippen molar-refractivity contribution < 1.29 is 30.0 Å². The number of hydrogen-bond donors (Lipinski definition) is 1. The van der Waals surface area contributed by atoms with E-state index in [0.29, 0.717) is 11.8 Å². The summed E-state index contributed by atoms with van der Waals surface area (Å²) in [6.45, 7) is 28.8. The third-order valence-corrected chi connectivity index (χ3v) is 21.0. The second kappa shape index (κ2) is 21.9. The number of benzene rings is 4. The van der Waals surface area contributed by atoms with Crippen molar-refractivity contribution in [1.82, 2.24) is 4.98 Å². The van der Waals surface area contributed by atoms with Crippen molar-refractivity contribution in [2.75, 3.05) is 0 Å². The molecule has 0 bridgehead atoms. The summed E-state index contributed by atoms with van der Waals surface area (Å²) in [4.78, 5) is 16.7. The number of pyridine rings is 1. The van der Waals surface area contributed by atoms with Crippen LogP contribution in [0.25, 0.3) is 22.0 Å². The maximum atomic E-state index is 11.7. The Morgan fingerprint density at radius 1 is 0.754 bits per heavy atom. The molecule has 5 aromatic rings. The monoisotopic (exact) mass is 1140 g/mol. The number of ketones is 1. The van der Waals surface area contributed by atoms with E-state index in [1.54, 1.807) is 6.54 Å². The van der Waals surface area contributed by atoms with E-state index in [0.717, 1.165) is 42.3 Å². The minimum absolute atomic E-state index is 0. The molecule has 0 saturated heterocycles. The number of rotatable bonds is 13. The Morgan fingerprint density at radius 3 is 1.77 bits per heavy atom. The van der Waals surface area contributed by atoms with Gasteiger partial charge in [-0.2, -0.15) is 0 Å². The van der Waals surface area contributed by atoms with Crippen LogP contribution in [0, 0.1) is 31.7 Å². The number of aliphatic hydroxyl groups is 1. The largest absolute Gasteiger partial charge is 0 e. The van der Waals surface area contributed by atoms with E-state index in [2.05, 4.69) is 147 Å². The average molecular weight is 1140 g/mol. The normalized spacial score (nSPS) is 12.1. The van der Waals surface area contributed by atoms with Gasteiger partial charge in [-0.25, -0.2) is 0 Å². The van der Waals surface area contributed by atoms with Gasteiger partial charge in [0.25, 0.3) is 0 Å². The average Bonchev–Trinajstić information content (AvgIpc) is 3.16. The third kappa shape index (κ3) is 12.3. The predicted molar refractivity (Wildman–Crippen MR) is 244 cm³/mol. The van der Waals surface area contributed by atoms with Gasteiger partial charge < -0.3 is 5.11 Å². The molecule has 1 N–H and O–H groups in total. The number of nitrogens with zero attached hydrogens (tertiary/aromatic N) is 1. The summed E-state index contributed by atoms with van der Waals surface area (Å²) in [5.74, 6) is 1.49. The van der Waals surface area contributed by atoms with E-state index in [9.17, 15) is 9.90 Å². The van der Waals surface area contributed by atoms with Crippen LogP contribution in [0.3, 0.4) is 0 Å². The molecule has 0 atom stereocenters. The summed E-state index contributed by atoms with van der Waals surface area (Å²) < 4.78 is 4.64. The molecule has 0 spiro atoms. The maximum Gasteiger partial charge on any atom is 0 e. The second-order valence-corrected chi connectivity index (χ2v) is 25.4. The van der Waals surface area contributed by atoms with Gasteiger partial charge in [-0.05, 0) is 25.7 Å². The van der Waals surface area contributed by atoms with Gasteiger partial charge in [0, 0.05) is 38.0 Å². The van der Waals surface area contributed by atoms with Crippen molar-refractivity contribution in [2.24, 2.45) is 11.8 Å². The minimum atomic E-state index is -2.75. The van der Waals surface area contributed by atoms with Crippen LogP contribution in [0.4, 0.5) is 0 Å². The maximum absolute atomic E-state index is 11.7. The molecule has 5 heteroatoms. The van der Waals surface area contributed by atoms with Crippen molar-refractivity contribution in [3.8, 4) is 11.3 Å². The Kier molecular flexibility index (Phi) is 18.6. The smallest absolute Gasteiger partial charge is 0 e. The molecular weight excluding hydrogens is 1070 g/mol. The molecule has 0 unspecified atom stereocenters. The molecule has 1 radical (unpaired) electrons. The number of fused-ring (bicyclic) bond motifs is 1. The van der Waals surface area contributed by atoms with Crippen LogP contribution in [-0.2, 0) is 30.3 Å². The fraction of sp³-hybridized carbons (Fsp3) is 0.423. The van der Waals surface area contributed by atoms with Crippen LogP contribution in [0.2, 0.25) is 0 Å². The molecule has 307 valence electrons. The first kappa shape index (κ1) is 48.4. The molecule has 1 heterocycles. The molecule has 0 saturated carbocycles. The number of hydrogen-bond acceptors (Lipinski definition) is 3. The zero-order valence-electron chi connectivity index (χ0n) is 36.9. The third-order valence-electron chi connectivity index (χ3n) is 11.0. The molecule has 3 nitrogen and oxygen atoms in total. The van der Waals surface area contributed by atoms with Gasteiger partial charge in [0.2, 0.25) is 0 Å². The summed E-state index contributed by atoms with van der Waals surface area (Å²) >= 11 is -2.75. The SMILES string of the molecule is CCC(CC)C(=O)/C=C(\O)C(CC)CC.Cc1cc[c]([Bi]([c]2ccnc(-c3[c-]c4ccccc4c(C(C)(C)C)c3)c2)[c]2ccc(C)cc2C(C)C)c(C(C)C)c1.[Ir]. The Labute approximate surface area is 367 Å². The Bertz CT molecular complexity index is 2060. The minimum Gasteiger partial charge on any atom is 0 e. The molecule has 4 aromatic carbocycles.